The molecule has 1 aliphatic heterocycles. The van der Waals surface area contributed by atoms with Crippen molar-refractivity contribution in [2.75, 3.05) is 17.2 Å². The molecule has 4 nitrogen and oxygen atoms in total. The van der Waals surface area contributed by atoms with E-state index in [1.165, 1.54) is 16.8 Å². The van der Waals surface area contributed by atoms with Crippen LogP contribution in [0, 0.1) is 0 Å². The summed E-state index contributed by atoms with van der Waals surface area (Å²) in [6, 6.07) is 14.5. The highest BCUT2D eigenvalue weighted by molar-refractivity contribution is 5.87. The number of nitrogens with two attached hydrogens (primary N) is 1. The van der Waals surface area contributed by atoms with Gasteiger partial charge >= 0.3 is 0 Å². The summed E-state index contributed by atoms with van der Waals surface area (Å²) in [4.78, 5) is 2.37. The van der Waals surface area contributed by atoms with E-state index >= 15 is 0 Å². The Morgan fingerprint density at radius 1 is 1.18 bits per heavy atom. The average molecular weight is 290 g/mol. The smallest absolute Gasteiger partial charge is 0.0720 e. The molecular formula is C18H18N4. The normalized spacial score (nSPS) is 12.9. The molecule has 0 aliphatic carbocycles. The summed E-state index contributed by atoms with van der Waals surface area (Å²) < 4.78 is 0. The number of rotatable bonds is 2. The molecule has 1 aliphatic rings. The van der Waals surface area contributed by atoms with Crippen molar-refractivity contribution < 1.29 is 0 Å². The Bertz CT molecular complexity index is 835. The Hall–Kier alpha value is -2.75. The standard InChI is InChI=1S/C18H18N4/c1-2-22-11-13-10-20-21-18(13)15-8-7-12(9-17(15)22)14-5-3-4-6-16(14)19/h3-10H,2,11,19H2,1H3,(H,20,21). The maximum Gasteiger partial charge on any atom is 0.0720 e. The molecule has 0 saturated carbocycles. The van der Waals surface area contributed by atoms with Gasteiger partial charge in [0.2, 0.25) is 0 Å². The number of hydrogen-bond acceptors (Lipinski definition) is 3. The minimum Gasteiger partial charge on any atom is -0.398 e. The molecule has 0 fully saturated rings. The first-order valence-corrected chi connectivity index (χ1v) is 7.54. The van der Waals surface area contributed by atoms with Gasteiger partial charge in [-0.1, -0.05) is 30.3 Å². The third-order valence-electron chi connectivity index (χ3n) is 4.34. The third kappa shape index (κ3) is 1.88. The van der Waals surface area contributed by atoms with Crippen LogP contribution in [0.4, 0.5) is 11.4 Å². The minimum absolute atomic E-state index is 0.809. The topological polar surface area (TPSA) is 57.9 Å². The summed E-state index contributed by atoms with van der Waals surface area (Å²) in [5.74, 6) is 0. The van der Waals surface area contributed by atoms with Crippen LogP contribution >= 0.6 is 0 Å². The molecule has 2 aromatic carbocycles. The van der Waals surface area contributed by atoms with E-state index in [0.29, 0.717) is 0 Å². The van der Waals surface area contributed by atoms with Crippen molar-refractivity contribution in [2.24, 2.45) is 0 Å². The van der Waals surface area contributed by atoms with Crippen molar-refractivity contribution in [3.63, 3.8) is 0 Å². The fourth-order valence-corrected chi connectivity index (χ4v) is 3.17. The molecule has 4 rings (SSSR count). The van der Waals surface area contributed by atoms with Crippen LogP contribution in [0.25, 0.3) is 22.4 Å². The maximum absolute atomic E-state index is 6.13. The molecule has 0 atom stereocenters. The zero-order valence-corrected chi connectivity index (χ0v) is 12.5. The summed E-state index contributed by atoms with van der Waals surface area (Å²) in [6.07, 6.45) is 1.92. The van der Waals surface area contributed by atoms with Gasteiger partial charge < -0.3 is 10.6 Å². The minimum atomic E-state index is 0.809. The molecule has 0 unspecified atom stereocenters. The van der Waals surface area contributed by atoms with Crippen LogP contribution in [0.5, 0.6) is 0 Å². The predicted octanol–water partition coefficient (Wildman–Crippen LogP) is 3.67. The lowest BCUT2D eigenvalue weighted by Crippen LogP contribution is -2.25. The van der Waals surface area contributed by atoms with Crippen molar-refractivity contribution in [3.05, 3.63) is 54.2 Å². The number of benzene rings is 2. The van der Waals surface area contributed by atoms with E-state index in [2.05, 4.69) is 46.3 Å². The van der Waals surface area contributed by atoms with E-state index in [1.54, 1.807) is 0 Å². The number of H-pyrrole nitrogens is 1. The Morgan fingerprint density at radius 3 is 2.86 bits per heavy atom. The Morgan fingerprint density at radius 2 is 2.05 bits per heavy atom. The summed E-state index contributed by atoms with van der Waals surface area (Å²) in [7, 11) is 0. The van der Waals surface area contributed by atoms with Crippen LogP contribution < -0.4 is 10.6 Å². The summed E-state index contributed by atoms with van der Waals surface area (Å²) in [6.45, 7) is 4.03. The Kier molecular flexibility index (Phi) is 2.89. The molecule has 0 bridgehead atoms. The van der Waals surface area contributed by atoms with Crippen molar-refractivity contribution in [1.82, 2.24) is 10.2 Å². The Balaban J connectivity index is 1.89. The van der Waals surface area contributed by atoms with E-state index < -0.39 is 0 Å². The van der Waals surface area contributed by atoms with Gasteiger partial charge in [0.1, 0.15) is 0 Å². The van der Waals surface area contributed by atoms with Gasteiger partial charge in [0.05, 0.1) is 11.9 Å². The number of para-hydroxylation sites is 1. The second-order valence-corrected chi connectivity index (χ2v) is 5.60. The Labute approximate surface area is 129 Å². The molecule has 2 heterocycles. The van der Waals surface area contributed by atoms with Gasteiger partial charge in [-0.05, 0) is 24.6 Å². The van der Waals surface area contributed by atoms with E-state index in [9.17, 15) is 0 Å². The second-order valence-electron chi connectivity index (χ2n) is 5.60. The van der Waals surface area contributed by atoms with E-state index in [0.717, 1.165) is 35.6 Å². The first-order chi connectivity index (χ1) is 10.8. The molecule has 3 N–H and O–H groups in total. The van der Waals surface area contributed by atoms with Gasteiger partial charge in [0.25, 0.3) is 0 Å². The SMILES string of the molecule is CCN1Cc2cn[nH]c2-c2ccc(-c3ccccc3N)cc21. The van der Waals surface area contributed by atoms with Gasteiger partial charge in [0.15, 0.2) is 0 Å². The predicted molar refractivity (Wildman–Crippen MR) is 90.6 cm³/mol. The molecule has 1 aromatic heterocycles. The third-order valence-corrected chi connectivity index (χ3v) is 4.34. The number of anilines is 2. The number of fused-ring (bicyclic) bond motifs is 3. The van der Waals surface area contributed by atoms with Crippen LogP contribution in [0.3, 0.4) is 0 Å². The zero-order valence-electron chi connectivity index (χ0n) is 12.5. The first-order valence-electron chi connectivity index (χ1n) is 7.54. The number of aromatic nitrogens is 2. The number of nitrogens with one attached hydrogen (secondary N) is 1. The zero-order chi connectivity index (χ0) is 15.1. The van der Waals surface area contributed by atoms with Crippen molar-refractivity contribution >= 4 is 11.4 Å². The van der Waals surface area contributed by atoms with E-state index in [4.69, 9.17) is 5.73 Å². The monoisotopic (exact) mass is 290 g/mol. The molecule has 0 amide bonds. The molecule has 110 valence electrons. The quantitative estimate of drug-likeness (QED) is 0.708. The molecular weight excluding hydrogens is 272 g/mol. The summed E-state index contributed by atoms with van der Waals surface area (Å²) >= 11 is 0. The van der Waals surface area contributed by atoms with Gasteiger partial charge in [-0.15, -0.1) is 0 Å². The van der Waals surface area contributed by atoms with Crippen LogP contribution in [-0.2, 0) is 6.54 Å². The number of hydrogen-bond donors (Lipinski definition) is 2. The fraction of sp³-hybridized carbons (Fsp3) is 0.167. The second kappa shape index (κ2) is 4.91. The number of nitrogen functional groups attached to an aromatic ring is 1. The first kappa shape index (κ1) is 13.0. The molecule has 0 saturated heterocycles. The number of nitrogens with zero attached hydrogens (tertiary/aromatic N) is 2. The van der Waals surface area contributed by atoms with Crippen molar-refractivity contribution in [3.8, 4) is 22.4 Å². The molecule has 0 radical (unpaired) electrons. The molecule has 3 aromatic rings. The average Bonchev–Trinajstić information content (AvgIpc) is 3.02. The highest BCUT2D eigenvalue weighted by Gasteiger charge is 2.23. The molecule has 4 heteroatoms. The van der Waals surface area contributed by atoms with Crippen LogP contribution in [0.15, 0.2) is 48.7 Å². The largest absolute Gasteiger partial charge is 0.398 e. The van der Waals surface area contributed by atoms with Gasteiger partial charge in [-0.2, -0.15) is 5.10 Å². The van der Waals surface area contributed by atoms with Crippen molar-refractivity contribution in [1.29, 1.82) is 0 Å². The lowest BCUT2D eigenvalue weighted by molar-refractivity contribution is 0.824. The number of aromatic amines is 1. The molecule has 22 heavy (non-hydrogen) atoms. The van der Waals surface area contributed by atoms with Gasteiger partial charge in [0, 0.05) is 41.2 Å². The van der Waals surface area contributed by atoms with Crippen LogP contribution in [0.2, 0.25) is 0 Å². The lowest BCUT2D eigenvalue weighted by Gasteiger charge is -2.30. The molecule has 0 spiro atoms. The maximum atomic E-state index is 6.13. The highest BCUT2D eigenvalue weighted by atomic mass is 15.2. The van der Waals surface area contributed by atoms with Gasteiger partial charge in [-0.3, -0.25) is 5.10 Å². The van der Waals surface area contributed by atoms with Crippen molar-refractivity contribution in [2.45, 2.75) is 13.5 Å². The lowest BCUT2D eigenvalue weighted by atomic mass is 9.95. The van der Waals surface area contributed by atoms with E-state index in [1.807, 2.05) is 24.4 Å². The summed E-state index contributed by atoms with van der Waals surface area (Å²) in [5.41, 5.74) is 14.0. The fourth-order valence-electron chi connectivity index (χ4n) is 3.17. The van der Waals surface area contributed by atoms with E-state index in [-0.39, 0.29) is 0 Å². The van der Waals surface area contributed by atoms with Crippen LogP contribution in [0.1, 0.15) is 12.5 Å². The van der Waals surface area contributed by atoms with Crippen LogP contribution in [-0.4, -0.2) is 16.7 Å². The summed E-state index contributed by atoms with van der Waals surface area (Å²) in [5, 5.41) is 7.32. The van der Waals surface area contributed by atoms with Gasteiger partial charge in [-0.25, -0.2) is 0 Å². The highest BCUT2D eigenvalue weighted by Crippen LogP contribution is 2.40.